The summed E-state index contributed by atoms with van der Waals surface area (Å²) in [5.41, 5.74) is 2.34. The van der Waals surface area contributed by atoms with Gasteiger partial charge in [0, 0.05) is 0 Å². The molecule has 1 aliphatic heterocycles. The van der Waals surface area contributed by atoms with Crippen LogP contribution < -0.4 is 10.7 Å². The van der Waals surface area contributed by atoms with Gasteiger partial charge in [0.25, 0.3) is 5.91 Å². The Labute approximate surface area is 162 Å². The SMILES string of the molecule is CCC1(C)NC(=O)N(NC(=O)CSc2nnc3sc4ccccc4n23)C1=O. The quantitative estimate of drug-likeness (QED) is 0.496. The fourth-order valence-corrected chi connectivity index (χ4v) is 4.52. The summed E-state index contributed by atoms with van der Waals surface area (Å²) in [6, 6.07) is 7.21. The summed E-state index contributed by atoms with van der Waals surface area (Å²) < 4.78 is 2.96. The molecular weight excluding hydrogens is 388 g/mol. The largest absolute Gasteiger partial charge is 0.344 e. The molecule has 3 aromatic rings. The second-order valence-electron chi connectivity index (χ2n) is 6.25. The summed E-state index contributed by atoms with van der Waals surface area (Å²) in [4.78, 5) is 37.3. The van der Waals surface area contributed by atoms with Crippen molar-refractivity contribution in [3.05, 3.63) is 24.3 Å². The average molecular weight is 404 g/mol. The van der Waals surface area contributed by atoms with E-state index in [2.05, 4.69) is 20.9 Å². The van der Waals surface area contributed by atoms with Crippen LogP contribution in [0.1, 0.15) is 20.3 Å². The highest BCUT2D eigenvalue weighted by Crippen LogP contribution is 2.29. The Morgan fingerprint density at radius 2 is 2.11 bits per heavy atom. The molecule has 1 atom stereocenters. The molecule has 1 unspecified atom stereocenters. The number of hydrazine groups is 1. The number of nitrogens with zero attached hydrogens (tertiary/aromatic N) is 4. The highest BCUT2D eigenvalue weighted by molar-refractivity contribution is 7.99. The maximum atomic E-state index is 12.3. The Morgan fingerprint density at radius 1 is 1.33 bits per heavy atom. The lowest BCUT2D eigenvalue weighted by Gasteiger charge is -2.19. The third kappa shape index (κ3) is 2.92. The van der Waals surface area contributed by atoms with Crippen LogP contribution in [0.15, 0.2) is 29.4 Å². The van der Waals surface area contributed by atoms with E-state index in [0.717, 1.165) is 20.2 Å². The molecule has 11 heteroatoms. The van der Waals surface area contributed by atoms with E-state index in [9.17, 15) is 14.4 Å². The van der Waals surface area contributed by atoms with Crippen LogP contribution in [0.4, 0.5) is 4.79 Å². The van der Waals surface area contributed by atoms with E-state index in [-0.39, 0.29) is 5.75 Å². The van der Waals surface area contributed by atoms with E-state index in [1.807, 2.05) is 28.7 Å². The van der Waals surface area contributed by atoms with Gasteiger partial charge in [0.05, 0.1) is 16.0 Å². The van der Waals surface area contributed by atoms with Crippen molar-refractivity contribution in [3.8, 4) is 0 Å². The summed E-state index contributed by atoms with van der Waals surface area (Å²) in [5, 5.41) is 12.2. The number of nitrogens with one attached hydrogen (secondary N) is 2. The molecule has 4 rings (SSSR count). The Kier molecular flexibility index (Phi) is 4.27. The number of fused-ring (bicyclic) bond motifs is 3. The number of aromatic nitrogens is 3. The molecule has 27 heavy (non-hydrogen) atoms. The van der Waals surface area contributed by atoms with Crippen molar-refractivity contribution < 1.29 is 14.4 Å². The van der Waals surface area contributed by atoms with Crippen LogP contribution in [-0.2, 0) is 9.59 Å². The van der Waals surface area contributed by atoms with E-state index in [0.29, 0.717) is 11.6 Å². The number of carbonyl (C=O) groups excluding carboxylic acids is 3. The van der Waals surface area contributed by atoms with Gasteiger partial charge in [-0.2, -0.15) is 5.01 Å². The minimum Gasteiger partial charge on any atom is -0.322 e. The standard InChI is InChI=1S/C16H16N6O3S2/c1-3-16(2)12(24)22(13(25)17-16)20-11(23)8-26-14-18-19-15-21(14)9-6-4-5-7-10(9)27-15/h4-7H,3,8H2,1-2H3,(H,17,25)(H,20,23). The van der Waals surface area contributed by atoms with Gasteiger partial charge in [-0.3, -0.25) is 19.4 Å². The number of thiazole rings is 1. The molecule has 4 amide bonds. The maximum absolute atomic E-state index is 12.3. The van der Waals surface area contributed by atoms with Gasteiger partial charge in [-0.15, -0.1) is 10.2 Å². The first kappa shape index (κ1) is 17.7. The molecule has 1 saturated heterocycles. The third-order valence-corrected chi connectivity index (χ3v) is 6.39. The number of carbonyl (C=O) groups is 3. The Hall–Kier alpha value is -2.66. The van der Waals surface area contributed by atoms with E-state index in [4.69, 9.17) is 0 Å². The minimum atomic E-state index is -0.994. The van der Waals surface area contributed by atoms with Gasteiger partial charge >= 0.3 is 6.03 Å². The van der Waals surface area contributed by atoms with E-state index >= 15 is 0 Å². The molecular formula is C16H16N6O3S2. The molecule has 0 spiro atoms. The molecule has 0 bridgehead atoms. The lowest BCUT2D eigenvalue weighted by molar-refractivity contribution is -0.137. The highest BCUT2D eigenvalue weighted by Gasteiger charge is 2.47. The van der Waals surface area contributed by atoms with Crippen LogP contribution in [0, 0.1) is 0 Å². The van der Waals surface area contributed by atoms with Crippen LogP contribution in [0.2, 0.25) is 0 Å². The first-order valence-corrected chi connectivity index (χ1v) is 10.0. The number of amides is 4. The van der Waals surface area contributed by atoms with E-state index in [1.54, 1.807) is 13.8 Å². The molecule has 2 N–H and O–H groups in total. The van der Waals surface area contributed by atoms with Gasteiger partial charge in [-0.05, 0) is 25.5 Å². The van der Waals surface area contributed by atoms with Gasteiger partial charge in [0.15, 0.2) is 5.16 Å². The molecule has 1 aliphatic rings. The number of hydrogen-bond donors (Lipinski definition) is 2. The van der Waals surface area contributed by atoms with Crippen molar-refractivity contribution in [1.29, 1.82) is 0 Å². The number of hydrogen-bond acceptors (Lipinski definition) is 7. The summed E-state index contributed by atoms with van der Waals surface area (Å²) in [6.07, 6.45) is 0.432. The van der Waals surface area contributed by atoms with Crippen molar-refractivity contribution in [3.63, 3.8) is 0 Å². The van der Waals surface area contributed by atoms with Crippen LogP contribution >= 0.6 is 23.1 Å². The van der Waals surface area contributed by atoms with Gasteiger partial charge in [0.1, 0.15) is 5.54 Å². The zero-order valence-corrected chi connectivity index (χ0v) is 16.2. The van der Waals surface area contributed by atoms with Crippen molar-refractivity contribution >= 4 is 56.1 Å². The van der Waals surface area contributed by atoms with Gasteiger partial charge < -0.3 is 5.32 Å². The van der Waals surface area contributed by atoms with Crippen molar-refractivity contribution in [2.45, 2.75) is 31.0 Å². The highest BCUT2D eigenvalue weighted by atomic mass is 32.2. The average Bonchev–Trinajstić information content (AvgIpc) is 3.28. The minimum absolute atomic E-state index is 0.00906. The van der Waals surface area contributed by atoms with Gasteiger partial charge in [-0.1, -0.05) is 42.2 Å². The molecule has 0 saturated carbocycles. The molecule has 1 aromatic carbocycles. The van der Waals surface area contributed by atoms with Gasteiger partial charge in [0.2, 0.25) is 10.9 Å². The van der Waals surface area contributed by atoms with Crippen LogP contribution in [0.5, 0.6) is 0 Å². The zero-order chi connectivity index (χ0) is 19.2. The number of urea groups is 1. The smallest absolute Gasteiger partial charge is 0.322 e. The summed E-state index contributed by atoms with van der Waals surface area (Å²) in [5.74, 6) is -0.951. The second-order valence-corrected chi connectivity index (χ2v) is 8.20. The predicted molar refractivity (Wildman–Crippen MR) is 101 cm³/mol. The molecule has 3 heterocycles. The predicted octanol–water partition coefficient (Wildman–Crippen LogP) is 1.79. The van der Waals surface area contributed by atoms with Crippen molar-refractivity contribution in [2.24, 2.45) is 0 Å². The monoisotopic (exact) mass is 404 g/mol. The van der Waals surface area contributed by atoms with E-state index < -0.39 is 23.4 Å². The summed E-state index contributed by atoms with van der Waals surface area (Å²) in [7, 11) is 0. The fourth-order valence-electron chi connectivity index (χ4n) is 2.76. The zero-order valence-electron chi connectivity index (χ0n) is 14.6. The number of rotatable bonds is 5. The number of benzene rings is 1. The lowest BCUT2D eigenvalue weighted by atomic mass is 10.00. The molecule has 0 radical (unpaired) electrons. The molecule has 140 valence electrons. The van der Waals surface area contributed by atoms with Gasteiger partial charge in [-0.25, -0.2) is 4.79 Å². The van der Waals surface area contributed by atoms with E-state index in [1.165, 1.54) is 23.1 Å². The normalized spacial score (nSPS) is 19.9. The number of para-hydroxylation sites is 1. The number of thioether (sulfide) groups is 1. The first-order chi connectivity index (χ1) is 12.9. The third-order valence-electron chi connectivity index (χ3n) is 4.45. The Morgan fingerprint density at radius 3 is 2.85 bits per heavy atom. The summed E-state index contributed by atoms with van der Waals surface area (Å²) in [6.45, 7) is 3.42. The fraction of sp³-hybridized carbons (Fsp3) is 0.312. The second kappa shape index (κ2) is 6.50. The van der Waals surface area contributed by atoms with Crippen LogP contribution in [0.25, 0.3) is 15.2 Å². The molecule has 0 aliphatic carbocycles. The Balaban J connectivity index is 1.47. The Bertz CT molecular complexity index is 1080. The molecule has 2 aromatic heterocycles. The topological polar surface area (TPSA) is 109 Å². The maximum Gasteiger partial charge on any atom is 0.344 e. The summed E-state index contributed by atoms with van der Waals surface area (Å²) >= 11 is 2.71. The number of imide groups is 1. The van der Waals surface area contributed by atoms with Crippen LogP contribution in [0.3, 0.4) is 0 Å². The molecule has 9 nitrogen and oxygen atoms in total. The first-order valence-electron chi connectivity index (χ1n) is 8.24. The van der Waals surface area contributed by atoms with Crippen molar-refractivity contribution in [2.75, 3.05) is 5.75 Å². The van der Waals surface area contributed by atoms with Crippen LogP contribution in [-0.4, -0.2) is 48.7 Å². The molecule has 1 fully saturated rings. The lowest BCUT2D eigenvalue weighted by Crippen LogP contribution is -2.49. The van der Waals surface area contributed by atoms with Crippen molar-refractivity contribution in [1.82, 2.24) is 30.3 Å².